The van der Waals surface area contributed by atoms with Crippen molar-refractivity contribution in [2.45, 2.75) is 0 Å². The fourth-order valence-electron chi connectivity index (χ4n) is 0.460. The van der Waals surface area contributed by atoms with E-state index in [0.29, 0.717) is 0 Å². The third-order valence-corrected chi connectivity index (χ3v) is 0.787. The van der Waals surface area contributed by atoms with E-state index in [2.05, 4.69) is 0 Å². The zero-order valence-electron chi connectivity index (χ0n) is 10.3. The molecule has 24 heavy (non-hydrogen) atoms. The van der Waals surface area contributed by atoms with Crippen LogP contribution in [-0.4, -0.2) is 73.1 Å². The van der Waals surface area contributed by atoms with E-state index in [1.807, 2.05) is 0 Å². The number of hydrogen-bond donors (Lipinski definition) is 0. The van der Waals surface area contributed by atoms with E-state index in [9.17, 15) is 60.6 Å². The molecule has 0 amide bonds. The van der Waals surface area contributed by atoms with Crippen molar-refractivity contribution in [1.29, 1.82) is 0 Å². The molecule has 0 aliphatic rings. The van der Waals surface area contributed by atoms with Crippen molar-refractivity contribution in [1.82, 2.24) is 0 Å². The molecule has 1 rings (SSSR count). The quantitative estimate of drug-likeness (QED) is 0.403. The maximum atomic E-state index is 11.9. The Kier molecular flexibility index (Phi) is 18.9. The Balaban J connectivity index is -0.000000113. The van der Waals surface area contributed by atoms with E-state index in [4.69, 9.17) is 0 Å². The van der Waals surface area contributed by atoms with E-state index in [1.165, 1.54) is 18.2 Å². The summed E-state index contributed by atoms with van der Waals surface area (Å²) in [7, 11) is -18.0. The van der Waals surface area contributed by atoms with E-state index >= 15 is 0 Å². The summed E-state index contributed by atoms with van der Waals surface area (Å²) in [6, 6.07) is 4.55. The molecule has 0 nitrogen and oxygen atoms in total. The van der Waals surface area contributed by atoms with E-state index in [1.54, 1.807) is 0 Å². The minimum atomic E-state index is -6.00. The van der Waals surface area contributed by atoms with Crippen molar-refractivity contribution in [3.8, 4) is 0 Å². The molecule has 140 valence electrons. The molecule has 0 aliphatic heterocycles. The summed E-state index contributed by atoms with van der Waals surface area (Å²) >= 11 is 0. The monoisotopic (exact) mass is 415 g/mol. The van der Waals surface area contributed by atoms with Gasteiger partial charge in [0.15, 0.2) is 0 Å². The van der Waals surface area contributed by atoms with Crippen LogP contribution >= 0.6 is 0 Å². The van der Waals surface area contributed by atoms with Gasteiger partial charge in [-0.25, -0.2) is 8.78 Å². The average molecular weight is 415 g/mol. The van der Waals surface area contributed by atoms with Crippen molar-refractivity contribution >= 4 is 73.1 Å². The van der Waals surface area contributed by atoms with Crippen molar-refractivity contribution in [3.63, 3.8) is 0 Å². The Labute approximate surface area is 168 Å². The number of benzene rings is 1. The molecule has 1 aromatic rings. The van der Waals surface area contributed by atoms with E-state index in [-0.39, 0.29) is 51.4 Å². The molecule has 0 heterocycles. The van der Waals surface area contributed by atoms with E-state index in [0.717, 1.165) is 6.07 Å². The van der Waals surface area contributed by atoms with Crippen molar-refractivity contribution < 1.29 is 60.6 Å². The molecule has 0 unspecified atom stereocenters. The molecule has 0 saturated heterocycles. The summed E-state index contributed by atoms with van der Waals surface area (Å²) in [6.07, 6.45) is 0. The summed E-state index contributed by atoms with van der Waals surface area (Å²) in [5.74, 6) is -1.07. The Morgan fingerprint density at radius 3 is 0.750 bits per heavy atom. The summed E-state index contributed by atoms with van der Waals surface area (Å²) in [4.78, 5) is 0. The number of halogens is 14. The molecule has 0 saturated carbocycles. The van der Waals surface area contributed by atoms with Gasteiger partial charge in [0.25, 0.3) is 0 Å². The van der Waals surface area contributed by atoms with Gasteiger partial charge < -0.3 is 51.8 Å². The standard InChI is InChI=1S/C6H4F2.3BF4.K.H/c7-5-2-1-3-6(8)4-5;3*2-1(3,4)5;;/h1-4H;;;;;/q;3*-1;;. The predicted octanol–water partition coefficient (Wildman–Crippen LogP) is 5.22. The van der Waals surface area contributed by atoms with Crippen LogP contribution in [0.15, 0.2) is 24.3 Å². The van der Waals surface area contributed by atoms with Crippen molar-refractivity contribution in [3.05, 3.63) is 35.9 Å². The van der Waals surface area contributed by atoms with Crippen LogP contribution in [0.4, 0.5) is 60.6 Å². The Bertz CT molecular complexity index is 350. The summed E-state index contributed by atoms with van der Waals surface area (Å²) in [6.45, 7) is 0. The van der Waals surface area contributed by atoms with Gasteiger partial charge in [-0.3, -0.25) is 0 Å². The minimum absolute atomic E-state index is 0. The second kappa shape index (κ2) is 14.3. The summed E-state index contributed by atoms with van der Waals surface area (Å²) in [5, 5.41) is 0. The molecule has 1 aromatic carbocycles. The van der Waals surface area contributed by atoms with Gasteiger partial charge in [-0.15, -0.1) is 0 Å². The molecule has 0 aromatic heterocycles. The zero-order valence-corrected chi connectivity index (χ0v) is 10.3. The SMILES string of the molecule is F[B-](F)(F)F.F[B-](F)(F)F.F[B-](F)(F)F.Fc1cccc(F)c1.[KH]. The summed E-state index contributed by atoms with van der Waals surface area (Å²) < 4.78 is 141. The molecule has 0 atom stereocenters. The molecule has 0 radical (unpaired) electrons. The topological polar surface area (TPSA) is 0 Å². The Hall–Kier alpha value is 0.0712. The summed E-state index contributed by atoms with van der Waals surface area (Å²) in [5.41, 5.74) is 0. The second-order valence-electron chi connectivity index (χ2n) is 2.92. The first-order valence-electron chi connectivity index (χ1n) is 4.82. The molecule has 0 bridgehead atoms. The van der Waals surface area contributed by atoms with Crippen LogP contribution in [0.2, 0.25) is 0 Å². The van der Waals surface area contributed by atoms with Crippen LogP contribution in [0.3, 0.4) is 0 Å². The van der Waals surface area contributed by atoms with Crippen LogP contribution in [0.1, 0.15) is 0 Å². The third kappa shape index (κ3) is 96.6. The van der Waals surface area contributed by atoms with Crippen molar-refractivity contribution in [2.75, 3.05) is 0 Å². The van der Waals surface area contributed by atoms with Gasteiger partial charge in [-0.2, -0.15) is 0 Å². The van der Waals surface area contributed by atoms with Gasteiger partial charge >= 0.3 is 73.1 Å². The molecule has 0 fully saturated rings. The van der Waals surface area contributed by atoms with Crippen molar-refractivity contribution in [2.24, 2.45) is 0 Å². The molecule has 0 spiro atoms. The number of rotatable bonds is 0. The number of hydrogen-bond acceptors (Lipinski definition) is 0. The zero-order chi connectivity index (χ0) is 19.5. The fourth-order valence-corrected chi connectivity index (χ4v) is 0.460. The average Bonchev–Trinajstić information content (AvgIpc) is 2.07. The van der Waals surface area contributed by atoms with Gasteiger partial charge in [-0.05, 0) is 12.1 Å². The molecule has 0 N–H and O–H groups in total. The van der Waals surface area contributed by atoms with Gasteiger partial charge in [0.1, 0.15) is 11.6 Å². The van der Waals surface area contributed by atoms with E-state index < -0.39 is 33.4 Å². The van der Waals surface area contributed by atoms with Gasteiger partial charge in [0.05, 0.1) is 0 Å². The molecular formula is C6H5B3F14K-3. The van der Waals surface area contributed by atoms with Crippen LogP contribution < -0.4 is 0 Å². The molecular weight excluding hydrogens is 410 g/mol. The first kappa shape index (κ1) is 31.8. The first-order valence-corrected chi connectivity index (χ1v) is 4.82. The van der Waals surface area contributed by atoms with Gasteiger partial charge in [-0.1, -0.05) is 6.07 Å². The molecule has 0 aliphatic carbocycles. The molecule has 18 heteroatoms. The fraction of sp³-hybridized carbons (Fsp3) is 0. The van der Waals surface area contributed by atoms with Crippen LogP contribution in [0.5, 0.6) is 0 Å². The third-order valence-electron chi connectivity index (χ3n) is 0.787. The Morgan fingerprint density at radius 2 is 0.667 bits per heavy atom. The second-order valence-corrected chi connectivity index (χ2v) is 2.92. The normalized spacial score (nSPS) is 10.6. The maximum absolute atomic E-state index is 11.9. The first-order chi connectivity index (χ1) is 9.79. The van der Waals surface area contributed by atoms with Crippen LogP contribution in [0, 0.1) is 11.6 Å². The van der Waals surface area contributed by atoms with Crippen LogP contribution in [-0.2, 0) is 0 Å². The van der Waals surface area contributed by atoms with Gasteiger partial charge in [0, 0.05) is 6.07 Å². The Morgan fingerprint density at radius 1 is 0.500 bits per heavy atom. The van der Waals surface area contributed by atoms with Gasteiger partial charge in [0.2, 0.25) is 0 Å². The van der Waals surface area contributed by atoms with Crippen LogP contribution in [0.25, 0.3) is 0 Å². The predicted molar refractivity (Wildman–Crippen MR) is 64.1 cm³/mol.